The van der Waals surface area contributed by atoms with Gasteiger partial charge < -0.3 is 0 Å². The highest BCUT2D eigenvalue weighted by Gasteiger charge is 2.15. The van der Waals surface area contributed by atoms with Crippen molar-refractivity contribution in [1.29, 1.82) is 0 Å². The minimum Gasteiger partial charge on any atom is -0.0661 e. The highest BCUT2D eigenvalue weighted by Crippen LogP contribution is 2.36. The molecule has 0 N–H and O–H groups in total. The second-order valence-corrected chi connectivity index (χ2v) is 4.68. The van der Waals surface area contributed by atoms with E-state index in [1.165, 1.54) is 35.1 Å². The third-order valence-corrected chi connectivity index (χ3v) is 3.43. The van der Waals surface area contributed by atoms with Crippen molar-refractivity contribution in [3.05, 3.63) is 65.7 Å². The summed E-state index contributed by atoms with van der Waals surface area (Å²) in [6.45, 7) is 2.24. The molecule has 3 rings (SSSR count). The Kier molecular flexibility index (Phi) is 2.56. The van der Waals surface area contributed by atoms with Gasteiger partial charge in [0.2, 0.25) is 0 Å². The SMILES string of the molecule is CC(=C1CC1)c1cccc(-c2ccccc2)c1. The molecule has 2 aromatic carbocycles. The zero-order chi connectivity index (χ0) is 11.7. The molecular weight excluding hydrogens is 204 g/mol. The first-order valence-electron chi connectivity index (χ1n) is 6.19. The van der Waals surface area contributed by atoms with Gasteiger partial charge in [0.15, 0.2) is 0 Å². The molecule has 0 unspecified atom stereocenters. The largest absolute Gasteiger partial charge is 0.0661 e. The average Bonchev–Trinajstić information content (AvgIpc) is 3.23. The Morgan fingerprint density at radius 3 is 2.24 bits per heavy atom. The lowest BCUT2D eigenvalue weighted by atomic mass is 9.99. The zero-order valence-electron chi connectivity index (χ0n) is 10.1. The number of allylic oxidation sites excluding steroid dienone is 2. The smallest absolute Gasteiger partial charge is 0.0178 e. The Morgan fingerprint density at radius 2 is 1.53 bits per heavy atom. The van der Waals surface area contributed by atoms with E-state index in [1.54, 1.807) is 5.57 Å². The summed E-state index contributed by atoms with van der Waals surface area (Å²) < 4.78 is 0. The molecule has 0 aliphatic heterocycles. The van der Waals surface area contributed by atoms with Crippen molar-refractivity contribution < 1.29 is 0 Å². The molecule has 0 aromatic heterocycles. The third kappa shape index (κ3) is 2.16. The van der Waals surface area contributed by atoms with Crippen molar-refractivity contribution in [3.8, 4) is 11.1 Å². The molecule has 1 aliphatic carbocycles. The Bertz CT molecular complexity index is 556. The summed E-state index contributed by atoms with van der Waals surface area (Å²) in [5.74, 6) is 0. The van der Waals surface area contributed by atoms with Crippen LogP contribution >= 0.6 is 0 Å². The highest BCUT2D eigenvalue weighted by molar-refractivity contribution is 5.74. The molecule has 0 bridgehead atoms. The molecule has 0 heterocycles. The predicted molar refractivity (Wildman–Crippen MR) is 73.7 cm³/mol. The maximum atomic E-state index is 2.30. The van der Waals surface area contributed by atoms with Gasteiger partial charge >= 0.3 is 0 Å². The first kappa shape index (κ1) is 10.3. The predicted octanol–water partition coefficient (Wildman–Crippen LogP) is 4.92. The van der Waals surface area contributed by atoms with E-state index in [0.717, 1.165) is 0 Å². The minimum atomic E-state index is 1.29. The van der Waals surface area contributed by atoms with E-state index >= 15 is 0 Å². The standard InChI is InChI=1S/C17H16/c1-13(14-10-11-14)16-8-5-9-17(12-16)15-6-3-2-4-7-15/h2-9,12H,10-11H2,1H3. The summed E-state index contributed by atoms with van der Waals surface area (Å²) in [5.41, 5.74) is 7.07. The number of hydrogen-bond acceptors (Lipinski definition) is 0. The third-order valence-electron chi connectivity index (χ3n) is 3.43. The van der Waals surface area contributed by atoms with Crippen molar-refractivity contribution in [1.82, 2.24) is 0 Å². The zero-order valence-corrected chi connectivity index (χ0v) is 10.1. The van der Waals surface area contributed by atoms with E-state index in [9.17, 15) is 0 Å². The maximum Gasteiger partial charge on any atom is -0.0178 e. The second-order valence-electron chi connectivity index (χ2n) is 4.68. The molecule has 0 heteroatoms. The molecule has 0 spiro atoms. The molecule has 1 fully saturated rings. The van der Waals surface area contributed by atoms with Crippen LogP contribution in [0.3, 0.4) is 0 Å². The minimum absolute atomic E-state index is 1.29. The van der Waals surface area contributed by atoms with E-state index in [1.807, 2.05) is 0 Å². The van der Waals surface area contributed by atoms with Crippen LogP contribution in [0.15, 0.2) is 60.2 Å². The Balaban J connectivity index is 2.03. The van der Waals surface area contributed by atoms with Crippen molar-refractivity contribution in [3.63, 3.8) is 0 Å². The van der Waals surface area contributed by atoms with Crippen LogP contribution < -0.4 is 0 Å². The van der Waals surface area contributed by atoms with Crippen LogP contribution in [-0.4, -0.2) is 0 Å². The maximum absolute atomic E-state index is 2.30. The molecule has 0 saturated heterocycles. The van der Waals surface area contributed by atoms with Gasteiger partial charge in [-0.2, -0.15) is 0 Å². The van der Waals surface area contributed by atoms with Gasteiger partial charge in [-0.1, -0.05) is 54.1 Å². The molecule has 17 heavy (non-hydrogen) atoms. The van der Waals surface area contributed by atoms with E-state index in [0.29, 0.717) is 0 Å². The molecule has 0 atom stereocenters. The van der Waals surface area contributed by atoms with Gasteiger partial charge in [0.25, 0.3) is 0 Å². The summed E-state index contributed by atoms with van der Waals surface area (Å²) in [4.78, 5) is 0. The van der Waals surface area contributed by atoms with E-state index in [2.05, 4.69) is 61.5 Å². The lowest BCUT2D eigenvalue weighted by Gasteiger charge is -2.06. The first-order valence-corrected chi connectivity index (χ1v) is 6.19. The highest BCUT2D eigenvalue weighted by atomic mass is 14.2. The molecular formula is C17H16. The van der Waals surface area contributed by atoms with E-state index < -0.39 is 0 Å². The number of benzene rings is 2. The first-order chi connectivity index (χ1) is 8.34. The van der Waals surface area contributed by atoms with E-state index in [4.69, 9.17) is 0 Å². The fourth-order valence-electron chi connectivity index (χ4n) is 2.20. The molecule has 2 aromatic rings. The summed E-state index contributed by atoms with van der Waals surface area (Å²) >= 11 is 0. The molecule has 1 aliphatic rings. The van der Waals surface area contributed by atoms with Crippen LogP contribution in [0.2, 0.25) is 0 Å². The van der Waals surface area contributed by atoms with Gasteiger partial charge in [-0.3, -0.25) is 0 Å². The van der Waals surface area contributed by atoms with Crippen LogP contribution in [0.4, 0.5) is 0 Å². The summed E-state index contributed by atoms with van der Waals surface area (Å²) in [7, 11) is 0. The monoisotopic (exact) mass is 220 g/mol. The van der Waals surface area contributed by atoms with E-state index in [-0.39, 0.29) is 0 Å². The van der Waals surface area contributed by atoms with Crippen LogP contribution in [0, 0.1) is 0 Å². The normalized spacial score (nSPS) is 13.6. The van der Waals surface area contributed by atoms with Gasteiger partial charge in [-0.15, -0.1) is 0 Å². The topological polar surface area (TPSA) is 0 Å². The number of hydrogen-bond donors (Lipinski definition) is 0. The van der Waals surface area contributed by atoms with Gasteiger partial charge in [-0.05, 0) is 48.1 Å². The Hall–Kier alpha value is -1.82. The van der Waals surface area contributed by atoms with Gasteiger partial charge in [-0.25, -0.2) is 0 Å². The van der Waals surface area contributed by atoms with Crippen LogP contribution in [-0.2, 0) is 0 Å². The van der Waals surface area contributed by atoms with Crippen molar-refractivity contribution in [2.24, 2.45) is 0 Å². The van der Waals surface area contributed by atoms with Crippen molar-refractivity contribution in [2.75, 3.05) is 0 Å². The molecule has 1 saturated carbocycles. The Morgan fingerprint density at radius 1 is 0.824 bits per heavy atom. The molecule has 84 valence electrons. The fourth-order valence-corrected chi connectivity index (χ4v) is 2.20. The summed E-state index contributed by atoms with van der Waals surface area (Å²) in [6, 6.07) is 19.4. The summed E-state index contributed by atoms with van der Waals surface area (Å²) in [6.07, 6.45) is 2.59. The Labute approximate surface area is 103 Å². The quantitative estimate of drug-likeness (QED) is 0.673. The number of rotatable bonds is 2. The average molecular weight is 220 g/mol. The van der Waals surface area contributed by atoms with Crippen LogP contribution in [0.25, 0.3) is 16.7 Å². The van der Waals surface area contributed by atoms with Crippen LogP contribution in [0.5, 0.6) is 0 Å². The van der Waals surface area contributed by atoms with Gasteiger partial charge in [0, 0.05) is 0 Å². The molecule has 0 radical (unpaired) electrons. The van der Waals surface area contributed by atoms with Crippen molar-refractivity contribution in [2.45, 2.75) is 19.8 Å². The molecule has 0 nitrogen and oxygen atoms in total. The summed E-state index contributed by atoms with van der Waals surface area (Å²) in [5, 5.41) is 0. The molecule has 0 amide bonds. The lowest BCUT2D eigenvalue weighted by Crippen LogP contribution is -1.82. The second kappa shape index (κ2) is 4.21. The van der Waals surface area contributed by atoms with Gasteiger partial charge in [0.1, 0.15) is 0 Å². The van der Waals surface area contributed by atoms with Crippen LogP contribution in [0.1, 0.15) is 25.3 Å². The fraction of sp³-hybridized carbons (Fsp3) is 0.176. The van der Waals surface area contributed by atoms with Crippen molar-refractivity contribution >= 4 is 5.57 Å². The lowest BCUT2D eigenvalue weighted by molar-refractivity contribution is 1.50. The van der Waals surface area contributed by atoms with Gasteiger partial charge in [0.05, 0.1) is 0 Å².